The van der Waals surface area contributed by atoms with Crippen molar-refractivity contribution in [2.75, 3.05) is 19.8 Å². The van der Waals surface area contributed by atoms with Crippen LogP contribution >= 0.6 is 0 Å². The summed E-state index contributed by atoms with van der Waals surface area (Å²) in [4.78, 5) is 0.107. The van der Waals surface area contributed by atoms with Crippen molar-refractivity contribution in [2.24, 2.45) is 10.9 Å². The molecule has 1 aliphatic rings. The van der Waals surface area contributed by atoms with Gasteiger partial charge in [0.1, 0.15) is 19.0 Å². The number of hydrogen-bond donors (Lipinski definition) is 3. The van der Waals surface area contributed by atoms with Gasteiger partial charge in [-0.2, -0.15) is 0 Å². The number of amidine groups is 1. The Kier molecular flexibility index (Phi) is 4.86. The number of rotatable bonds is 6. The zero-order chi connectivity index (χ0) is 15.3. The van der Waals surface area contributed by atoms with Crippen molar-refractivity contribution in [1.29, 1.82) is 0 Å². The van der Waals surface area contributed by atoms with E-state index in [9.17, 15) is 8.42 Å². The Morgan fingerprint density at radius 3 is 2.76 bits per heavy atom. The van der Waals surface area contributed by atoms with Gasteiger partial charge >= 0.3 is 0 Å². The Bertz CT molecular complexity index is 630. The van der Waals surface area contributed by atoms with E-state index in [0.717, 1.165) is 0 Å². The number of hydrogen-bond acceptors (Lipinski definition) is 6. The molecule has 116 valence electrons. The molecule has 8 nitrogen and oxygen atoms in total. The van der Waals surface area contributed by atoms with Gasteiger partial charge in [0, 0.05) is 19.0 Å². The molecule has 0 atom stereocenters. The summed E-state index contributed by atoms with van der Waals surface area (Å²) >= 11 is 0. The van der Waals surface area contributed by atoms with Gasteiger partial charge in [-0.3, -0.25) is 0 Å². The number of fused-ring (bicyclic) bond motifs is 1. The molecular weight excluding hydrogens is 298 g/mol. The van der Waals surface area contributed by atoms with Crippen LogP contribution in [0, 0.1) is 0 Å². The summed E-state index contributed by atoms with van der Waals surface area (Å²) < 4.78 is 37.4. The summed E-state index contributed by atoms with van der Waals surface area (Å²) in [6.07, 6.45) is 0.736. The zero-order valence-electron chi connectivity index (χ0n) is 11.3. The van der Waals surface area contributed by atoms with E-state index in [0.29, 0.717) is 37.6 Å². The fourth-order valence-corrected chi connectivity index (χ4v) is 2.89. The maximum absolute atomic E-state index is 12.1. The van der Waals surface area contributed by atoms with Crippen LogP contribution in [-0.4, -0.2) is 39.2 Å². The van der Waals surface area contributed by atoms with Crippen LogP contribution in [0.25, 0.3) is 0 Å². The first kappa shape index (κ1) is 15.4. The first-order chi connectivity index (χ1) is 10.0. The molecule has 0 spiro atoms. The second-order valence-corrected chi connectivity index (χ2v) is 6.17. The van der Waals surface area contributed by atoms with Crippen LogP contribution in [0.4, 0.5) is 0 Å². The topological polar surface area (TPSA) is 123 Å². The van der Waals surface area contributed by atoms with Gasteiger partial charge in [0.2, 0.25) is 10.0 Å². The Morgan fingerprint density at radius 1 is 1.33 bits per heavy atom. The first-order valence-electron chi connectivity index (χ1n) is 6.38. The van der Waals surface area contributed by atoms with E-state index >= 15 is 0 Å². The van der Waals surface area contributed by atoms with E-state index in [1.54, 1.807) is 6.07 Å². The van der Waals surface area contributed by atoms with Crippen molar-refractivity contribution in [3.63, 3.8) is 0 Å². The van der Waals surface area contributed by atoms with Crippen molar-refractivity contribution in [1.82, 2.24) is 4.72 Å². The van der Waals surface area contributed by atoms with Gasteiger partial charge in [0.25, 0.3) is 0 Å². The Morgan fingerprint density at radius 2 is 2.05 bits per heavy atom. The van der Waals surface area contributed by atoms with Gasteiger partial charge in [-0.1, -0.05) is 5.16 Å². The molecule has 0 aliphatic carbocycles. The fraction of sp³-hybridized carbons (Fsp3) is 0.417. The van der Waals surface area contributed by atoms with Crippen molar-refractivity contribution < 1.29 is 23.1 Å². The maximum Gasteiger partial charge on any atom is 0.240 e. The van der Waals surface area contributed by atoms with Crippen LogP contribution < -0.4 is 19.9 Å². The molecule has 1 aliphatic heterocycles. The lowest BCUT2D eigenvalue weighted by Gasteiger charge is -2.18. The van der Waals surface area contributed by atoms with Crippen molar-refractivity contribution in [2.45, 2.75) is 17.7 Å². The summed E-state index contributed by atoms with van der Waals surface area (Å²) in [6.45, 7) is 1.03. The van der Waals surface area contributed by atoms with Crippen LogP contribution in [0.1, 0.15) is 12.8 Å². The molecule has 1 aromatic carbocycles. The predicted octanol–water partition coefficient (Wildman–Crippen LogP) is 0.263. The maximum atomic E-state index is 12.1. The third-order valence-corrected chi connectivity index (χ3v) is 4.31. The summed E-state index contributed by atoms with van der Waals surface area (Å²) in [6, 6.07) is 4.46. The highest BCUT2D eigenvalue weighted by Gasteiger charge is 2.18. The van der Waals surface area contributed by atoms with Gasteiger partial charge in [-0.05, 0) is 18.6 Å². The fourth-order valence-electron chi connectivity index (χ4n) is 1.80. The number of benzene rings is 1. The minimum absolute atomic E-state index is 0.0635. The van der Waals surface area contributed by atoms with Gasteiger partial charge in [0.05, 0.1) is 4.90 Å². The lowest BCUT2D eigenvalue weighted by atomic mass is 10.3. The molecular formula is C12H17N3O5S. The third-order valence-electron chi connectivity index (χ3n) is 2.85. The van der Waals surface area contributed by atoms with E-state index < -0.39 is 10.0 Å². The molecule has 0 amide bonds. The summed E-state index contributed by atoms with van der Waals surface area (Å²) in [5.41, 5.74) is 5.30. The molecule has 0 bridgehead atoms. The second kappa shape index (κ2) is 6.64. The van der Waals surface area contributed by atoms with Crippen molar-refractivity contribution >= 4 is 15.9 Å². The first-order valence-corrected chi connectivity index (χ1v) is 7.87. The van der Waals surface area contributed by atoms with Gasteiger partial charge in [-0.25, -0.2) is 13.1 Å². The Balaban J connectivity index is 1.99. The zero-order valence-corrected chi connectivity index (χ0v) is 12.1. The molecule has 9 heteroatoms. The molecule has 0 radical (unpaired) electrons. The van der Waals surface area contributed by atoms with Crippen molar-refractivity contribution in [3.8, 4) is 11.5 Å². The monoisotopic (exact) mass is 315 g/mol. The van der Waals surface area contributed by atoms with Gasteiger partial charge < -0.3 is 20.4 Å². The predicted molar refractivity (Wildman–Crippen MR) is 75.3 cm³/mol. The molecule has 2 rings (SSSR count). The van der Waals surface area contributed by atoms with Crippen molar-refractivity contribution in [3.05, 3.63) is 18.2 Å². The van der Waals surface area contributed by atoms with Crippen LogP contribution in [-0.2, 0) is 10.0 Å². The van der Waals surface area contributed by atoms with Crippen LogP contribution in [0.3, 0.4) is 0 Å². The standard InChI is InChI=1S/C12H17N3O5S/c13-12(15-16)2-1-5-14-21(17,18)9-3-4-10-11(8-9)20-7-6-19-10/h3-4,8,14,16H,1-2,5-7H2,(H2,13,15). The lowest BCUT2D eigenvalue weighted by Crippen LogP contribution is -2.26. The summed E-state index contributed by atoms with van der Waals surface area (Å²) in [5.74, 6) is 1.02. The van der Waals surface area contributed by atoms with Gasteiger partial charge in [0.15, 0.2) is 11.5 Å². The minimum atomic E-state index is -3.63. The normalized spacial score (nSPS) is 15.0. The highest BCUT2D eigenvalue weighted by atomic mass is 32.2. The average Bonchev–Trinajstić information content (AvgIpc) is 2.50. The van der Waals surface area contributed by atoms with E-state index in [2.05, 4.69) is 9.88 Å². The second-order valence-electron chi connectivity index (χ2n) is 4.40. The number of ether oxygens (including phenoxy) is 2. The third kappa shape index (κ3) is 3.99. The summed E-state index contributed by atoms with van der Waals surface area (Å²) in [5, 5.41) is 11.2. The number of nitrogens with two attached hydrogens (primary N) is 1. The van der Waals surface area contributed by atoms with Crippen LogP contribution in [0.15, 0.2) is 28.3 Å². The quantitative estimate of drug-likeness (QED) is 0.227. The molecule has 1 aromatic rings. The molecule has 0 unspecified atom stereocenters. The number of nitrogens with zero attached hydrogens (tertiary/aromatic N) is 1. The molecule has 0 saturated heterocycles. The number of nitrogens with one attached hydrogen (secondary N) is 1. The van der Waals surface area contributed by atoms with E-state index in [1.807, 2.05) is 0 Å². The highest BCUT2D eigenvalue weighted by molar-refractivity contribution is 7.89. The van der Waals surface area contributed by atoms with Gasteiger partial charge in [-0.15, -0.1) is 0 Å². The average molecular weight is 315 g/mol. The lowest BCUT2D eigenvalue weighted by molar-refractivity contribution is 0.171. The van der Waals surface area contributed by atoms with E-state index in [-0.39, 0.29) is 17.3 Å². The summed E-state index contributed by atoms with van der Waals surface area (Å²) in [7, 11) is -3.63. The molecule has 0 fully saturated rings. The minimum Gasteiger partial charge on any atom is -0.486 e. The molecule has 1 heterocycles. The van der Waals surface area contributed by atoms with E-state index in [1.165, 1.54) is 12.1 Å². The Hall–Kier alpha value is -2.00. The largest absolute Gasteiger partial charge is 0.486 e. The van der Waals surface area contributed by atoms with Crippen LogP contribution in [0.5, 0.6) is 11.5 Å². The molecule has 4 N–H and O–H groups in total. The molecule has 0 aromatic heterocycles. The van der Waals surface area contributed by atoms with E-state index in [4.69, 9.17) is 20.4 Å². The Labute approximate surface area is 122 Å². The number of sulfonamides is 1. The number of oxime groups is 1. The highest BCUT2D eigenvalue weighted by Crippen LogP contribution is 2.32. The molecule has 21 heavy (non-hydrogen) atoms. The smallest absolute Gasteiger partial charge is 0.240 e. The SMILES string of the molecule is NC(CCCNS(=O)(=O)c1ccc2c(c1)OCCO2)=NO. The van der Waals surface area contributed by atoms with Crippen LogP contribution in [0.2, 0.25) is 0 Å². The molecule has 0 saturated carbocycles.